The van der Waals surface area contributed by atoms with Crippen LogP contribution < -0.4 is 5.73 Å². The number of benzene rings is 2. The Kier molecular flexibility index (Phi) is 2.75. The Hall–Kier alpha value is -2.69. The van der Waals surface area contributed by atoms with E-state index in [1.54, 1.807) is 6.07 Å². The van der Waals surface area contributed by atoms with Gasteiger partial charge in [-0.1, -0.05) is 18.2 Å². The van der Waals surface area contributed by atoms with Crippen molar-refractivity contribution in [2.45, 2.75) is 0 Å². The molecule has 0 aliphatic carbocycles. The Balaban J connectivity index is 2.13. The summed E-state index contributed by atoms with van der Waals surface area (Å²) in [7, 11) is 0. The maximum atomic E-state index is 13.5. The molecule has 1 aromatic heterocycles. The fraction of sp³-hybridized carbons (Fsp3) is 0. The van der Waals surface area contributed by atoms with Gasteiger partial charge in [0.2, 0.25) is 5.78 Å². The Morgan fingerprint density at radius 1 is 1.05 bits per heavy atom. The topological polar surface area (TPSA) is 56.2 Å². The largest absolute Gasteiger partial charge is 0.449 e. The number of halogens is 2. The van der Waals surface area contributed by atoms with E-state index >= 15 is 0 Å². The molecular weight excluding hydrogens is 264 g/mol. The van der Waals surface area contributed by atoms with Gasteiger partial charge in [-0.25, -0.2) is 8.78 Å². The second-order valence-corrected chi connectivity index (χ2v) is 4.30. The standard InChI is InChI=1S/C15H9F2NO2/c16-10-5-2-4-9(13(10)18)14(19)12-7-8-3-1-6-11(17)15(8)20-12/h1-7H,18H2. The molecule has 0 unspecified atom stereocenters. The smallest absolute Gasteiger partial charge is 0.230 e. The molecule has 3 aromatic rings. The second kappa shape index (κ2) is 4.45. The van der Waals surface area contributed by atoms with Crippen LogP contribution in [0.25, 0.3) is 11.0 Å². The van der Waals surface area contributed by atoms with Gasteiger partial charge in [0.25, 0.3) is 0 Å². The van der Waals surface area contributed by atoms with Crippen LogP contribution in [0.1, 0.15) is 16.1 Å². The second-order valence-electron chi connectivity index (χ2n) is 4.30. The van der Waals surface area contributed by atoms with E-state index in [2.05, 4.69) is 0 Å². The fourth-order valence-corrected chi connectivity index (χ4v) is 2.01. The molecule has 100 valence electrons. The molecule has 20 heavy (non-hydrogen) atoms. The zero-order valence-corrected chi connectivity index (χ0v) is 10.2. The van der Waals surface area contributed by atoms with Gasteiger partial charge in [0.15, 0.2) is 17.2 Å². The van der Waals surface area contributed by atoms with Gasteiger partial charge in [0.05, 0.1) is 11.3 Å². The maximum Gasteiger partial charge on any atom is 0.230 e. The minimum Gasteiger partial charge on any atom is -0.449 e. The Morgan fingerprint density at radius 3 is 2.50 bits per heavy atom. The van der Waals surface area contributed by atoms with Crippen LogP contribution in [0.5, 0.6) is 0 Å². The quantitative estimate of drug-likeness (QED) is 0.574. The first-order chi connectivity index (χ1) is 9.58. The number of fused-ring (bicyclic) bond motifs is 1. The lowest BCUT2D eigenvalue weighted by Gasteiger charge is -2.03. The number of hydrogen-bond donors (Lipinski definition) is 1. The Morgan fingerprint density at radius 2 is 1.75 bits per heavy atom. The Bertz CT molecular complexity index is 824. The fourth-order valence-electron chi connectivity index (χ4n) is 2.01. The molecule has 0 amide bonds. The van der Waals surface area contributed by atoms with Crippen LogP contribution in [0.2, 0.25) is 0 Å². The molecule has 0 aliphatic rings. The van der Waals surface area contributed by atoms with E-state index in [1.807, 2.05) is 0 Å². The number of nitrogen functional groups attached to an aromatic ring is 1. The number of hydrogen-bond acceptors (Lipinski definition) is 3. The number of furan rings is 1. The van der Waals surface area contributed by atoms with Crippen molar-refractivity contribution >= 4 is 22.4 Å². The highest BCUT2D eigenvalue weighted by molar-refractivity contribution is 6.11. The van der Waals surface area contributed by atoms with Crippen LogP contribution in [0.4, 0.5) is 14.5 Å². The zero-order valence-electron chi connectivity index (χ0n) is 10.2. The normalized spacial score (nSPS) is 10.9. The highest BCUT2D eigenvalue weighted by Crippen LogP contribution is 2.26. The van der Waals surface area contributed by atoms with Crippen molar-refractivity contribution in [1.82, 2.24) is 0 Å². The van der Waals surface area contributed by atoms with Gasteiger partial charge in [0, 0.05) is 5.39 Å². The van der Waals surface area contributed by atoms with Gasteiger partial charge in [0.1, 0.15) is 5.82 Å². The van der Waals surface area contributed by atoms with E-state index in [0.29, 0.717) is 5.39 Å². The molecule has 0 saturated heterocycles. The SMILES string of the molecule is Nc1c(F)cccc1C(=O)c1cc2cccc(F)c2o1. The Labute approximate surface area is 112 Å². The summed E-state index contributed by atoms with van der Waals surface area (Å²) in [6.45, 7) is 0. The zero-order chi connectivity index (χ0) is 14.3. The molecule has 0 radical (unpaired) electrons. The first-order valence-corrected chi connectivity index (χ1v) is 5.84. The average Bonchev–Trinajstić information content (AvgIpc) is 2.87. The van der Waals surface area contributed by atoms with Crippen LogP contribution in [0, 0.1) is 11.6 Å². The molecule has 3 rings (SSSR count). The van der Waals surface area contributed by atoms with Crippen LogP contribution in [-0.2, 0) is 0 Å². The number of para-hydroxylation sites is 2. The molecule has 0 bridgehead atoms. The summed E-state index contributed by atoms with van der Waals surface area (Å²) in [5.74, 6) is -1.91. The molecule has 0 fully saturated rings. The van der Waals surface area contributed by atoms with Gasteiger partial charge >= 0.3 is 0 Å². The van der Waals surface area contributed by atoms with Crippen LogP contribution in [-0.4, -0.2) is 5.78 Å². The van der Waals surface area contributed by atoms with Gasteiger partial charge in [-0.2, -0.15) is 0 Å². The lowest BCUT2D eigenvalue weighted by Crippen LogP contribution is -2.05. The van der Waals surface area contributed by atoms with Crippen molar-refractivity contribution in [3.8, 4) is 0 Å². The summed E-state index contributed by atoms with van der Waals surface area (Å²) >= 11 is 0. The van der Waals surface area contributed by atoms with Crippen molar-refractivity contribution in [3.05, 3.63) is 65.4 Å². The third-order valence-corrected chi connectivity index (χ3v) is 3.02. The molecule has 0 saturated carbocycles. The molecule has 0 atom stereocenters. The van der Waals surface area contributed by atoms with Crippen molar-refractivity contribution in [1.29, 1.82) is 0 Å². The summed E-state index contributed by atoms with van der Waals surface area (Å²) < 4.78 is 32.1. The van der Waals surface area contributed by atoms with E-state index in [4.69, 9.17) is 10.2 Å². The van der Waals surface area contributed by atoms with Crippen molar-refractivity contribution in [2.24, 2.45) is 0 Å². The number of carbonyl (C=O) groups excluding carboxylic acids is 1. The first-order valence-electron chi connectivity index (χ1n) is 5.84. The van der Waals surface area contributed by atoms with Crippen molar-refractivity contribution < 1.29 is 18.0 Å². The first kappa shape index (κ1) is 12.3. The predicted octanol–water partition coefficient (Wildman–Crippen LogP) is 3.52. The van der Waals surface area contributed by atoms with Gasteiger partial charge in [-0.3, -0.25) is 4.79 Å². The molecule has 0 spiro atoms. The van der Waals surface area contributed by atoms with Crippen LogP contribution in [0.3, 0.4) is 0 Å². The minimum absolute atomic E-state index is 0.00850. The maximum absolute atomic E-state index is 13.5. The predicted molar refractivity (Wildman–Crippen MR) is 70.4 cm³/mol. The summed E-state index contributed by atoms with van der Waals surface area (Å²) in [4.78, 5) is 12.2. The molecule has 3 nitrogen and oxygen atoms in total. The van der Waals surface area contributed by atoms with Gasteiger partial charge in [-0.05, 0) is 24.3 Å². The van der Waals surface area contributed by atoms with Crippen LogP contribution in [0.15, 0.2) is 46.9 Å². The molecule has 2 aromatic carbocycles. The summed E-state index contributed by atoms with van der Waals surface area (Å²) in [5, 5.41) is 0.461. The number of anilines is 1. The monoisotopic (exact) mass is 273 g/mol. The summed E-state index contributed by atoms with van der Waals surface area (Å²) in [6, 6.07) is 9.70. The third kappa shape index (κ3) is 1.84. The highest BCUT2D eigenvalue weighted by atomic mass is 19.1. The number of nitrogens with two attached hydrogens (primary N) is 1. The van der Waals surface area contributed by atoms with Gasteiger partial charge < -0.3 is 10.2 Å². The lowest BCUT2D eigenvalue weighted by atomic mass is 10.1. The summed E-state index contributed by atoms with van der Waals surface area (Å²) in [6.07, 6.45) is 0. The van der Waals surface area contributed by atoms with E-state index < -0.39 is 17.4 Å². The van der Waals surface area contributed by atoms with Crippen molar-refractivity contribution in [2.75, 3.05) is 5.73 Å². The molecule has 1 heterocycles. The molecule has 0 aliphatic heterocycles. The van der Waals surface area contributed by atoms with Crippen LogP contribution >= 0.6 is 0 Å². The molecule has 2 N–H and O–H groups in total. The minimum atomic E-state index is -0.682. The number of ketones is 1. The van der Waals surface area contributed by atoms with E-state index in [1.165, 1.54) is 30.3 Å². The third-order valence-electron chi connectivity index (χ3n) is 3.02. The number of carbonyl (C=O) groups is 1. The summed E-state index contributed by atoms with van der Waals surface area (Å²) in [5.41, 5.74) is 5.26. The van der Waals surface area contributed by atoms with E-state index in [0.717, 1.165) is 6.07 Å². The number of rotatable bonds is 2. The highest BCUT2D eigenvalue weighted by Gasteiger charge is 2.19. The lowest BCUT2D eigenvalue weighted by molar-refractivity contribution is 0.101. The molecule has 5 heteroatoms. The average molecular weight is 273 g/mol. The van der Waals surface area contributed by atoms with Gasteiger partial charge in [-0.15, -0.1) is 0 Å². The van der Waals surface area contributed by atoms with E-state index in [9.17, 15) is 13.6 Å². The molecular formula is C15H9F2NO2. The van der Waals surface area contributed by atoms with Crippen molar-refractivity contribution in [3.63, 3.8) is 0 Å². The van der Waals surface area contributed by atoms with E-state index in [-0.39, 0.29) is 22.6 Å².